The molecule has 1 aromatic carbocycles. The molecule has 1 saturated heterocycles. The first-order valence-electron chi connectivity index (χ1n) is 12.4. The molecular weight excluding hydrogens is 584 g/mol. The number of ether oxygens (including phenoxy) is 1. The zero-order chi connectivity index (χ0) is 29.5. The van der Waals surface area contributed by atoms with Gasteiger partial charge in [-0.2, -0.15) is 4.31 Å². The number of rotatable bonds is 13. The van der Waals surface area contributed by atoms with Crippen molar-refractivity contribution >= 4 is 39.0 Å². The zero-order valence-corrected chi connectivity index (χ0v) is 24.9. The van der Waals surface area contributed by atoms with Gasteiger partial charge in [-0.3, -0.25) is 18.7 Å². The van der Waals surface area contributed by atoms with E-state index in [9.17, 15) is 28.5 Å². The Labute approximate surface area is 236 Å². The number of benzene rings is 1. The van der Waals surface area contributed by atoms with Crippen LogP contribution in [0.4, 0.5) is 4.79 Å². The molecule has 0 spiro atoms. The Hall–Kier alpha value is -2.41. The topological polar surface area (TPSA) is 174 Å². The molecule has 16 heteroatoms. The summed E-state index contributed by atoms with van der Waals surface area (Å²) >= 11 is 1.53. The molecule has 0 aliphatic carbocycles. The molecule has 1 aliphatic rings. The molecule has 40 heavy (non-hydrogen) atoms. The van der Waals surface area contributed by atoms with Crippen molar-refractivity contribution in [2.75, 3.05) is 19.8 Å². The van der Waals surface area contributed by atoms with Crippen molar-refractivity contribution < 1.29 is 46.6 Å². The maximum Gasteiger partial charge on any atom is 0.481 e. The molecule has 0 bridgehead atoms. The Morgan fingerprint density at radius 2 is 1.98 bits per heavy atom. The molecule has 1 aromatic heterocycles. The zero-order valence-electron chi connectivity index (χ0n) is 22.3. The van der Waals surface area contributed by atoms with Gasteiger partial charge in [-0.05, 0) is 31.4 Å². The summed E-state index contributed by atoms with van der Waals surface area (Å²) in [5, 5.41) is 2.85. The number of phosphoric acid groups is 2. The van der Waals surface area contributed by atoms with Gasteiger partial charge in [0, 0.05) is 6.42 Å². The van der Waals surface area contributed by atoms with Crippen LogP contribution in [-0.2, 0) is 32.0 Å². The summed E-state index contributed by atoms with van der Waals surface area (Å²) in [6.07, 6.45) is -0.547. The highest BCUT2D eigenvalue weighted by Crippen LogP contribution is 2.61. The van der Waals surface area contributed by atoms with Gasteiger partial charge in [-0.1, -0.05) is 43.8 Å². The van der Waals surface area contributed by atoms with Gasteiger partial charge in [-0.25, -0.2) is 18.9 Å². The third kappa shape index (κ3) is 8.79. The van der Waals surface area contributed by atoms with Crippen molar-refractivity contribution in [3.05, 3.63) is 53.7 Å². The molecule has 5 atom stereocenters. The first kappa shape index (κ1) is 32.1. The van der Waals surface area contributed by atoms with Crippen molar-refractivity contribution in [2.45, 2.75) is 51.8 Å². The lowest BCUT2D eigenvalue weighted by Gasteiger charge is -2.24. The van der Waals surface area contributed by atoms with E-state index in [0.29, 0.717) is 6.42 Å². The van der Waals surface area contributed by atoms with E-state index >= 15 is 0 Å². The minimum Gasteiger partial charge on any atom is -0.445 e. The first-order chi connectivity index (χ1) is 18.9. The molecule has 2 unspecified atom stereocenters. The smallest absolute Gasteiger partial charge is 0.445 e. The van der Waals surface area contributed by atoms with Crippen LogP contribution in [0.5, 0.6) is 0 Å². The minimum absolute atomic E-state index is 0.124. The van der Waals surface area contributed by atoms with E-state index in [2.05, 4.69) is 25.7 Å². The number of thiazole rings is 1. The number of hydrogen-bond acceptors (Lipinski definition) is 10. The van der Waals surface area contributed by atoms with Gasteiger partial charge >= 0.3 is 21.7 Å². The number of aryl methyl sites for hydroxylation is 1. The number of amides is 2. The number of carbonyl (C=O) groups excluding carboxylic acids is 2. The second-order valence-corrected chi connectivity index (χ2v) is 12.8. The summed E-state index contributed by atoms with van der Waals surface area (Å²) in [6, 6.07) is 6.05. The van der Waals surface area contributed by atoms with Crippen LogP contribution < -0.4 is 5.32 Å². The van der Waals surface area contributed by atoms with E-state index in [1.807, 2.05) is 31.2 Å². The van der Waals surface area contributed by atoms with E-state index in [0.717, 1.165) is 26.6 Å². The highest BCUT2D eigenvalue weighted by molar-refractivity contribution is 7.61. The van der Waals surface area contributed by atoms with Gasteiger partial charge < -0.3 is 19.8 Å². The lowest BCUT2D eigenvalue weighted by Crippen LogP contribution is -2.46. The summed E-state index contributed by atoms with van der Waals surface area (Å²) < 4.78 is 43.4. The van der Waals surface area contributed by atoms with Crippen molar-refractivity contribution in [1.29, 1.82) is 0 Å². The third-order valence-electron chi connectivity index (χ3n) is 5.85. The molecule has 1 fully saturated rings. The Kier molecular flexibility index (Phi) is 11.2. The van der Waals surface area contributed by atoms with Crippen LogP contribution >= 0.6 is 27.0 Å². The summed E-state index contributed by atoms with van der Waals surface area (Å²) in [5.74, 6) is -0.552. The summed E-state index contributed by atoms with van der Waals surface area (Å²) in [4.78, 5) is 52.0. The van der Waals surface area contributed by atoms with Crippen LogP contribution in [-0.4, -0.2) is 63.6 Å². The molecule has 220 valence electrons. The van der Waals surface area contributed by atoms with Crippen LogP contribution in [0.2, 0.25) is 0 Å². The fourth-order valence-electron chi connectivity index (χ4n) is 4.00. The van der Waals surface area contributed by atoms with Crippen LogP contribution in [0.25, 0.3) is 10.4 Å². The van der Waals surface area contributed by atoms with E-state index in [-0.39, 0.29) is 26.2 Å². The van der Waals surface area contributed by atoms with Gasteiger partial charge in [-0.15, -0.1) is 11.3 Å². The number of likely N-dealkylation sites (tertiary alicyclic amines) is 1. The predicted octanol–water partition coefficient (Wildman–Crippen LogP) is 4.72. The maximum absolute atomic E-state index is 13.3. The standard InChI is InChI=1S/C24H33N3O10P2S/c1-5-11-34-24(29)27-14-20(36-39(32,33)37-38(30,31)35-12-6-2)13-21(27)23(28)26-16(3)18-7-9-19(10-8-18)22-17(4)25-15-40-22/h5,7-10,15-16,20-21H,1,6,11-14H2,2-4H3,(H,26,28)(H,30,31)(H,32,33)/t16-,20+,21-/m0/s1. The second kappa shape index (κ2) is 14.0. The Bertz CT molecular complexity index is 1290. The van der Waals surface area contributed by atoms with Crippen LogP contribution in [0.1, 0.15) is 44.0 Å². The van der Waals surface area contributed by atoms with Crippen molar-refractivity contribution in [3.8, 4) is 10.4 Å². The number of aromatic nitrogens is 1. The second-order valence-electron chi connectivity index (χ2n) is 8.97. The molecule has 1 aliphatic heterocycles. The lowest BCUT2D eigenvalue weighted by atomic mass is 10.0. The molecule has 13 nitrogen and oxygen atoms in total. The molecule has 3 rings (SSSR count). The van der Waals surface area contributed by atoms with E-state index < -0.39 is 45.8 Å². The Morgan fingerprint density at radius 3 is 2.58 bits per heavy atom. The SMILES string of the molecule is C=CCOC(=O)N1C[C@H](OP(=O)(O)OP(=O)(O)OCCC)C[C@H]1C(=O)N[C@@H](C)c1ccc(-c2scnc2C)cc1. The average Bonchev–Trinajstić information content (AvgIpc) is 3.51. The largest absolute Gasteiger partial charge is 0.481 e. The molecule has 3 N–H and O–H groups in total. The average molecular weight is 618 g/mol. The van der Waals surface area contributed by atoms with Crippen molar-refractivity contribution in [1.82, 2.24) is 15.2 Å². The number of phosphoric ester groups is 2. The van der Waals surface area contributed by atoms with Crippen molar-refractivity contribution in [3.63, 3.8) is 0 Å². The summed E-state index contributed by atoms with van der Waals surface area (Å²) in [6.45, 7) is 8.23. The van der Waals surface area contributed by atoms with Gasteiger partial charge in [0.05, 0.1) is 41.4 Å². The monoisotopic (exact) mass is 617 g/mol. The van der Waals surface area contributed by atoms with Gasteiger partial charge in [0.2, 0.25) is 5.91 Å². The molecule has 0 saturated carbocycles. The van der Waals surface area contributed by atoms with Crippen LogP contribution in [0.15, 0.2) is 42.4 Å². The maximum atomic E-state index is 13.3. The van der Waals surface area contributed by atoms with Gasteiger partial charge in [0.15, 0.2) is 0 Å². The highest BCUT2D eigenvalue weighted by Gasteiger charge is 2.45. The molecule has 2 heterocycles. The van der Waals surface area contributed by atoms with E-state index in [1.54, 1.807) is 19.4 Å². The molecule has 0 radical (unpaired) electrons. The van der Waals surface area contributed by atoms with E-state index in [1.165, 1.54) is 17.4 Å². The predicted molar refractivity (Wildman–Crippen MR) is 147 cm³/mol. The molecule has 2 aromatic rings. The summed E-state index contributed by atoms with van der Waals surface area (Å²) in [7, 11) is -9.99. The number of carbonyl (C=O) groups is 2. The number of hydrogen-bond donors (Lipinski definition) is 3. The first-order valence-corrected chi connectivity index (χ1v) is 16.3. The van der Waals surface area contributed by atoms with Crippen LogP contribution in [0, 0.1) is 6.92 Å². The fourth-order valence-corrected chi connectivity index (χ4v) is 7.14. The number of nitrogens with one attached hydrogen (secondary N) is 1. The summed E-state index contributed by atoms with van der Waals surface area (Å²) in [5.41, 5.74) is 4.51. The van der Waals surface area contributed by atoms with Crippen molar-refractivity contribution in [2.24, 2.45) is 0 Å². The molecule has 2 amide bonds. The fraction of sp³-hybridized carbons (Fsp3) is 0.458. The highest BCUT2D eigenvalue weighted by atomic mass is 32.1. The quantitative estimate of drug-likeness (QED) is 0.210. The van der Waals surface area contributed by atoms with Gasteiger partial charge in [0.25, 0.3) is 0 Å². The Morgan fingerprint density at radius 1 is 1.27 bits per heavy atom. The normalized spacial score (nSPS) is 20.8. The minimum atomic E-state index is -5.11. The Balaban J connectivity index is 1.70. The molecular formula is C24H33N3O10P2S. The van der Waals surface area contributed by atoms with Gasteiger partial charge in [0.1, 0.15) is 12.6 Å². The lowest BCUT2D eigenvalue weighted by molar-refractivity contribution is -0.125. The number of nitrogens with zero attached hydrogens (tertiary/aromatic N) is 2. The third-order valence-corrected chi connectivity index (χ3v) is 9.55. The van der Waals surface area contributed by atoms with Crippen LogP contribution in [0.3, 0.4) is 0 Å². The van der Waals surface area contributed by atoms with E-state index in [4.69, 9.17) is 9.26 Å².